The summed E-state index contributed by atoms with van der Waals surface area (Å²) >= 11 is 0. The van der Waals surface area contributed by atoms with Crippen LogP contribution in [-0.4, -0.2) is 4.92 Å². The highest BCUT2D eigenvalue weighted by Gasteiger charge is 2.19. The second kappa shape index (κ2) is 5.87. The van der Waals surface area contributed by atoms with Gasteiger partial charge in [-0.1, -0.05) is 12.1 Å². The molecule has 0 fully saturated rings. The third-order valence-corrected chi connectivity index (χ3v) is 3.31. The number of anilines is 1. The molecule has 0 amide bonds. The van der Waals surface area contributed by atoms with Crippen LogP contribution in [0.5, 0.6) is 0 Å². The molecule has 0 bridgehead atoms. The van der Waals surface area contributed by atoms with Crippen molar-refractivity contribution in [1.29, 1.82) is 0 Å². The predicted octanol–water partition coefficient (Wildman–Crippen LogP) is 4.35. The molecule has 0 heterocycles. The molecule has 0 spiro atoms. The Bertz CT molecular complexity index is 669. The third kappa shape index (κ3) is 2.99. The Morgan fingerprint density at radius 2 is 1.71 bits per heavy atom. The largest absolute Gasteiger partial charge is 0.378 e. The third-order valence-electron chi connectivity index (χ3n) is 3.31. The van der Waals surface area contributed by atoms with Gasteiger partial charge in [-0.2, -0.15) is 0 Å². The standard InChI is InChI=1S/C15H14F2N2O2/c1-9-13(7-4-8-14(9)19(20)21)18-10(2)15-11(16)5-3-6-12(15)17/h3-8,10,18H,1-2H3. The van der Waals surface area contributed by atoms with Crippen molar-refractivity contribution >= 4 is 11.4 Å². The van der Waals surface area contributed by atoms with Crippen LogP contribution < -0.4 is 5.32 Å². The Balaban J connectivity index is 2.34. The molecule has 0 radical (unpaired) electrons. The van der Waals surface area contributed by atoms with E-state index < -0.39 is 22.6 Å². The molecule has 0 saturated carbocycles. The van der Waals surface area contributed by atoms with Crippen molar-refractivity contribution in [2.75, 3.05) is 5.32 Å². The van der Waals surface area contributed by atoms with Crippen molar-refractivity contribution in [3.8, 4) is 0 Å². The van der Waals surface area contributed by atoms with Crippen molar-refractivity contribution in [2.24, 2.45) is 0 Å². The van der Waals surface area contributed by atoms with Gasteiger partial charge < -0.3 is 5.32 Å². The highest BCUT2D eigenvalue weighted by Crippen LogP contribution is 2.29. The van der Waals surface area contributed by atoms with E-state index in [0.29, 0.717) is 11.3 Å². The number of hydrogen-bond donors (Lipinski definition) is 1. The second-order valence-corrected chi connectivity index (χ2v) is 4.71. The van der Waals surface area contributed by atoms with E-state index >= 15 is 0 Å². The summed E-state index contributed by atoms with van der Waals surface area (Å²) in [7, 11) is 0. The molecule has 1 unspecified atom stereocenters. The fourth-order valence-electron chi connectivity index (χ4n) is 2.21. The molecule has 6 heteroatoms. The molecule has 4 nitrogen and oxygen atoms in total. The van der Waals surface area contributed by atoms with Crippen LogP contribution in [0.25, 0.3) is 0 Å². The minimum Gasteiger partial charge on any atom is -0.378 e. The lowest BCUT2D eigenvalue weighted by Crippen LogP contribution is -2.12. The lowest BCUT2D eigenvalue weighted by atomic mass is 10.1. The maximum atomic E-state index is 13.7. The van der Waals surface area contributed by atoms with Gasteiger partial charge in [0, 0.05) is 22.9 Å². The molecule has 1 atom stereocenters. The molecule has 0 aromatic heterocycles. The molecule has 110 valence electrons. The monoisotopic (exact) mass is 292 g/mol. The number of nitrogens with zero attached hydrogens (tertiary/aromatic N) is 1. The molecule has 2 aromatic carbocycles. The Morgan fingerprint density at radius 1 is 1.14 bits per heavy atom. The van der Waals surface area contributed by atoms with Gasteiger partial charge in [0.15, 0.2) is 0 Å². The van der Waals surface area contributed by atoms with Crippen LogP contribution in [0.3, 0.4) is 0 Å². The van der Waals surface area contributed by atoms with Gasteiger partial charge in [-0.25, -0.2) is 8.78 Å². The lowest BCUT2D eigenvalue weighted by molar-refractivity contribution is -0.385. The summed E-state index contributed by atoms with van der Waals surface area (Å²) in [5, 5.41) is 13.8. The van der Waals surface area contributed by atoms with Crippen LogP contribution in [0.15, 0.2) is 36.4 Å². The van der Waals surface area contributed by atoms with Gasteiger partial charge in [0.05, 0.1) is 11.0 Å². The zero-order valence-electron chi connectivity index (χ0n) is 11.6. The minimum absolute atomic E-state index is 0.0406. The minimum atomic E-state index is -0.660. The van der Waals surface area contributed by atoms with Crippen molar-refractivity contribution in [1.82, 2.24) is 0 Å². The van der Waals surface area contributed by atoms with E-state index in [2.05, 4.69) is 5.32 Å². The highest BCUT2D eigenvalue weighted by atomic mass is 19.1. The van der Waals surface area contributed by atoms with Crippen molar-refractivity contribution in [2.45, 2.75) is 19.9 Å². The van der Waals surface area contributed by atoms with Crippen LogP contribution >= 0.6 is 0 Å². The van der Waals surface area contributed by atoms with Crippen molar-refractivity contribution < 1.29 is 13.7 Å². The van der Waals surface area contributed by atoms with Gasteiger partial charge in [0.25, 0.3) is 5.69 Å². The molecule has 0 aliphatic heterocycles. The van der Waals surface area contributed by atoms with Crippen LogP contribution in [0.1, 0.15) is 24.1 Å². The summed E-state index contributed by atoms with van der Waals surface area (Å²) < 4.78 is 27.4. The fraction of sp³-hybridized carbons (Fsp3) is 0.200. The number of nitro benzene ring substituents is 1. The number of nitrogens with one attached hydrogen (secondary N) is 1. The maximum Gasteiger partial charge on any atom is 0.274 e. The summed E-state index contributed by atoms with van der Waals surface area (Å²) in [6.45, 7) is 3.19. The molecular weight excluding hydrogens is 278 g/mol. The summed E-state index contributed by atoms with van der Waals surface area (Å²) in [5.74, 6) is -1.31. The molecule has 2 aromatic rings. The molecule has 0 saturated heterocycles. The maximum absolute atomic E-state index is 13.7. The van der Waals surface area contributed by atoms with Gasteiger partial charge in [-0.05, 0) is 32.0 Å². The summed E-state index contributed by atoms with van der Waals surface area (Å²) in [4.78, 5) is 10.4. The van der Waals surface area contributed by atoms with Crippen molar-refractivity contribution in [3.05, 3.63) is 69.3 Å². The summed E-state index contributed by atoms with van der Waals surface area (Å²) in [5.41, 5.74) is 0.759. The Labute approximate surface area is 120 Å². The SMILES string of the molecule is Cc1c(NC(C)c2c(F)cccc2F)cccc1[N+](=O)[O-]. The summed E-state index contributed by atoms with van der Waals surface area (Å²) in [6.07, 6.45) is 0. The lowest BCUT2D eigenvalue weighted by Gasteiger charge is -2.18. The predicted molar refractivity (Wildman–Crippen MR) is 76.2 cm³/mol. The molecule has 21 heavy (non-hydrogen) atoms. The second-order valence-electron chi connectivity index (χ2n) is 4.71. The average Bonchev–Trinajstić information content (AvgIpc) is 2.40. The van der Waals surface area contributed by atoms with E-state index in [4.69, 9.17) is 0 Å². The van der Waals surface area contributed by atoms with Crippen LogP contribution in [0.2, 0.25) is 0 Å². The van der Waals surface area contributed by atoms with Gasteiger partial charge in [0.2, 0.25) is 0 Å². The zero-order chi connectivity index (χ0) is 15.6. The zero-order valence-corrected chi connectivity index (χ0v) is 11.6. The van der Waals surface area contributed by atoms with E-state index in [0.717, 1.165) is 0 Å². The number of nitro groups is 1. The topological polar surface area (TPSA) is 55.2 Å². The Morgan fingerprint density at radius 3 is 2.29 bits per heavy atom. The van der Waals surface area contributed by atoms with E-state index in [9.17, 15) is 18.9 Å². The van der Waals surface area contributed by atoms with Crippen LogP contribution in [0, 0.1) is 28.7 Å². The summed E-state index contributed by atoms with van der Waals surface area (Å²) in [6, 6.07) is 7.53. The first-order valence-corrected chi connectivity index (χ1v) is 6.36. The Kier molecular flexibility index (Phi) is 4.16. The van der Waals surface area contributed by atoms with Crippen LogP contribution in [-0.2, 0) is 0 Å². The Hall–Kier alpha value is -2.50. The first kappa shape index (κ1) is 14.9. The molecule has 1 N–H and O–H groups in total. The fourth-order valence-corrected chi connectivity index (χ4v) is 2.21. The van der Waals surface area contributed by atoms with Gasteiger partial charge in [0.1, 0.15) is 11.6 Å². The van der Waals surface area contributed by atoms with Gasteiger partial charge in [-0.3, -0.25) is 10.1 Å². The van der Waals surface area contributed by atoms with E-state index in [1.165, 1.54) is 30.3 Å². The van der Waals surface area contributed by atoms with Crippen molar-refractivity contribution in [3.63, 3.8) is 0 Å². The molecule has 0 aliphatic carbocycles. The smallest absolute Gasteiger partial charge is 0.274 e. The van der Waals surface area contributed by atoms with Crippen LogP contribution in [0.4, 0.5) is 20.2 Å². The average molecular weight is 292 g/mol. The molecular formula is C15H14F2N2O2. The molecule has 0 aliphatic rings. The normalized spacial score (nSPS) is 12.0. The number of rotatable bonds is 4. The van der Waals surface area contributed by atoms with E-state index in [1.807, 2.05) is 0 Å². The number of hydrogen-bond acceptors (Lipinski definition) is 3. The quantitative estimate of drug-likeness (QED) is 0.673. The molecule has 2 rings (SSSR count). The number of benzene rings is 2. The first-order valence-electron chi connectivity index (χ1n) is 6.36. The van der Waals surface area contributed by atoms with E-state index in [1.54, 1.807) is 19.9 Å². The highest BCUT2D eigenvalue weighted by molar-refractivity contribution is 5.60. The first-order chi connectivity index (χ1) is 9.91. The van der Waals surface area contributed by atoms with Gasteiger partial charge in [-0.15, -0.1) is 0 Å². The van der Waals surface area contributed by atoms with Gasteiger partial charge >= 0.3 is 0 Å². The number of halogens is 2. The van der Waals surface area contributed by atoms with E-state index in [-0.39, 0.29) is 11.3 Å².